The fourth-order valence-corrected chi connectivity index (χ4v) is 13.5. The highest BCUT2D eigenvalue weighted by Gasteiger charge is 2.66. The molecule has 11 nitrogen and oxygen atoms in total. The minimum Gasteiger partial charge on any atom is -0.497 e. The summed E-state index contributed by atoms with van der Waals surface area (Å²) < 4.78 is 19.9. The molecule has 0 unspecified atom stereocenters. The number of hydrogen-bond acceptors (Lipinski definition) is 8. The van der Waals surface area contributed by atoms with Crippen molar-refractivity contribution in [3.63, 3.8) is 0 Å². The Hall–Kier alpha value is -6.08. The van der Waals surface area contributed by atoms with Crippen molar-refractivity contribution in [2.45, 2.75) is 56.8 Å². The molecule has 308 valence electrons. The molecule has 6 aromatic rings. The van der Waals surface area contributed by atoms with Gasteiger partial charge in [-0.1, -0.05) is 98.0 Å². The lowest BCUT2D eigenvalue weighted by molar-refractivity contribution is -0.150. The van der Waals surface area contributed by atoms with Crippen molar-refractivity contribution in [1.29, 1.82) is 0 Å². The molecule has 0 aliphatic carbocycles. The third-order valence-corrected chi connectivity index (χ3v) is 16.9. The van der Waals surface area contributed by atoms with E-state index >= 15 is 4.79 Å². The van der Waals surface area contributed by atoms with Crippen molar-refractivity contribution < 1.29 is 28.9 Å². The topological polar surface area (TPSA) is 123 Å². The number of ether oxygens (including phenoxy) is 3. The molecule has 2 amide bonds. The number of fused-ring (bicyclic) bond motifs is 3. The van der Waals surface area contributed by atoms with Crippen molar-refractivity contribution in [2.75, 3.05) is 32.3 Å². The van der Waals surface area contributed by atoms with Crippen LogP contribution in [-0.4, -0.2) is 73.2 Å². The molecule has 2 aliphatic heterocycles. The molecule has 0 saturated carbocycles. The average Bonchev–Trinajstić information content (AvgIpc) is 3.69. The molecule has 2 aliphatic rings. The third-order valence-electron chi connectivity index (χ3n) is 12.6. The van der Waals surface area contributed by atoms with E-state index in [1.807, 2.05) is 103 Å². The Bertz CT molecular complexity index is 2580. The lowest BCUT2D eigenvalue weighted by Crippen LogP contribution is -2.52. The summed E-state index contributed by atoms with van der Waals surface area (Å²) in [6, 6.07) is 38.4. The van der Waals surface area contributed by atoms with Crippen LogP contribution in [0.5, 0.6) is 11.5 Å². The zero-order valence-electron chi connectivity index (χ0n) is 34.6. The van der Waals surface area contributed by atoms with E-state index in [4.69, 9.17) is 14.2 Å². The molecule has 8 rings (SSSR count). The Balaban J connectivity index is 1.16. The van der Waals surface area contributed by atoms with Gasteiger partial charge in [-0.15, -0.1) is 0 Å². The molecule has 3 heterocycles. The van der Waals surface area contributed by atoms with Gasteiger partial charge in [-0.3, -0.25) is 14.4 Å². The van der Waals surface area contributed by atoms with Gasteiger partial charge in [0, 0.05) is 30.0 Å². The molecule has 12 heteroatoms. The van der Waals surface area contributed by atoms with E-state index in [9.17, 15) is 14.7 Å². The van der Waals surface area contributed by atoms with E-state index in [1.54, 1.807) is 36.3 Å². The SMILES string of the molecule is COc1ccc([Si](C)(C)[C@H]2[C@H](CC(=O)N(CCO)Cc3ccccc3)O[C@@]3(C(=O)N(Cc4ccc(-n5ncc6ccccc6c5=O)cc4)c4ccc(OC)cc43)[C@@H]2C)cc1. The maximum atomic E-state index is 15.4. The van der Waals surface area contributed by atoms with Crippen LogP contribution in [0.4, 0.5) is 5.69 Å². The van der Waals surface area contributed by atoms with Gasteiger partial charge in [0.1, 0.15) is 11.5 Å². The highest BCUT2D eigenvalue weighted by molar-refractivity contribution is 6.91. The lowest BCUT2D eigenvalue weighted by Gasteiger charge is -2.37. The van der Waals surface area contributed by atoms with E-state index in [0.29, 0.717) is 34.6 Å². The standard InChI is InChI=1S/C48H50N4O7Si/c1-32-45(60(4,5)39-22-19-37(57-2)20-23-39)43(28-44(54)50(25-26-53)30-33-11-7-6-8-12-33)59-48(32)41-27-38(58-3)21-24-42(41)51(47(48)56)31-34-15-17-36(18-16-34)52-46(55)40-14-10-9-13-35(40)29-49-52/h6-24,27,29,32,43,45,53H,25-26,28,30-31H2,1-5H3/t32-,43+,45-,48+/m1/s1. The first-order valence-electron chi connectivity index (χ1n) is 20.3. The predicted octanol–water partition coefficient (Wildman–Crippen LogP) is 6.58. The van der Waals surface area contributed by atoms with Gasteiger partial charge in [-0.05, 0) is 65.2 Å². The summed E-state index contributed by atoms with van der Waals surface area (Å²) in [5, 5.41) is 17.0. The molecule has 1 spiro atoms. The summed E-state index contributed by atoms with van der Waals surface area (Å²) >= 11 is 0. The molecule has 1 aromatic heterocycles. The second-order valence-electron chi connectivity index (χ2n) is 16.3. The Labute approximate surface area is 350 Å². The Morgan fingerprint density at radius 3 is 2.25 bits per heavy atom. The van der Waals surface area contributed by atoms with E-state index in [-0.39, 0.29) is 54.9 Å². The summed E-state index contributed by atoms with van der Waals surface area (Å²) in [5.41, 5.74) is 2.02. The van der Waals surface area contributed by atoms with E-state index in [0.717, 1.165) is 27.4 Å². The van der Waals surface area contributed by atoms with Crippen molar-refractivity contribution in [3.8, 4) is 17.2 Å². The van der Waals surface area contributed by atoms with Gasteiger partial charge in [0.2, 0.25) is 5.91 Å². The minimum atomic E-state index is -2.56. The number of anilines is 1. The van der Waals surface area contributed by atoms with Crippen LogP contribution in [0, 0.1) is 5.92 Å². The summed E-state index contributed by atoms with van der Waals surface area (Å²) in [5.74, 6) is 0.636. The van der Waals surface area contributed by atoms with Crippen molar-refractivity contribution in [3.05, 3.63) is 155 Å². The Morgan fingerprint density at radius 2 is 1.55 bits per heavy atom. The van der Waals surface area contributed by atoms with Gasteiger partial charge < -0.3 is 29.1 Å². The molecule has 0 radical (unpaired) electrons. The quantitative estimate of drug-likeness (QED) is 0.130. The zero-order valence-corrected chi connectivity index (χ0v) is 35.6. The fourth-order valence-electron chi connectivity index (χ4n) is 9.49. The van der Waals surface area contributed by atoms with Crippen molar-refractivity contribution >= 4 is 41.5 Å². The van der Waals surface area contributed by atoms with Crippen molar-refractivity contribution in [1.82, 2.24) is 14.7 Å². The number of nitrogens with zero attached hydrogens (tertiary/aromatic N) is 4. The number of benzene rings is 5. The van der Waals surface area contributed by atoms with Crippen LogP contribution in [-0.2, 0) is 33.0 Å². The highest BCUT2D eigenvalue weighted by Crippen LogP contribution is 2.60. The van der Waals surface area contributed by atoms with Crippen LogP contribution in [0.2, 0.25) is 18.6 Å². The fraction of sp³-hybridized carbons (Fsp3) is 0.292. The van der Waals surface area contributed by atoms with Gasteiger partial charge >= 0.3 is 0 Å². The second kappa shape index (κ2) is 16.5. The number of carbonyl (C=O) groups is 2. The maximum absolute atomic E-state index is 15.4. The molecule has 60 heavy (non-hydrogen) atoms. The van der Waals surface area contributed by atoms with Crippen LogP contribution >= 0.6 is 0 Å². The number of aliphatic hydroxyl groups excluding tert-OH is 1. The van der Waals surface area contributed by atoms with E-state index in [2.05, 4.69) is 37.2 Å². The van der Waals surface area contributed by atoms with Gasteiger partial charge in [0.25, 0.3) is 11.5 Å². The molecule has 1 fully saturated rings. The number of aliphatic hydroxyl groups is 1. The highest BCUT2D eigenvalue weighted by atomic mass is 28.3. The van der Waals surface area contributed by atoms with E-state index < -0.39 is 19.8 Å². The zero-order chi connectivity index (χ0) is 42.2. The first-order valence-corrected chi connectivity index (χ1v) is 23.4. The number of rotatable bonds is 13. The molecular weight excluding hydrogens is 773 g/mol. The number of methoxy groups -OCH3 is 2. The van der Waals surface area contributed by atoms with Gasteiger partial charge in [-0.25, -0.2) is 0 Å². The molecule has 1 saturated heterocycles. The summed E-state index contributed by atoms with van der Waals surface area (Å²) in [6.45, 7) is 7.23. The lowest BCUT2D eigenvalue weighted by atomic mass is 9.82. The number of hydrogen-bond donors (Lipinski definition) is 1. The number of carbonyl (C=O) groups excluding carboxylic acids is 2. The second-order valence-corrected chi connectivity index (χ2v) is 21.0. The van der Waals surface area contributed by atoms with Crippen LogP contribution in [0.3, 0.4) is 0 Å². The van der Waals surface area contributed by atoms with Crippen molar-refractivity contribution in [2.24, 2.45) is 5.92 Å². The molecular formula is C48H50N4O7Si. The summed E-state index contributed by atoms with van der Waals surface area (Å²) in [6.07, 6.45) is 1.09. The molecule has 0 bridgehead atoms. The van der Waals surface area contributed by atoms with Crippen LogP contribution < -0.4 is 25.1 Å². The molecule has 1 N–H and O–H groups in total. The number of amides is 2. The normalized spacial score (nSPS) is 19.8. The first-order chi connectivity index (χ1) is 29.0. The Kier molecular flexibility index (Phi) is 11.2. The predicted molar refractivity (Wildman–Crippen MR) is 235 cm³/mol. The van der Waals surface area contributed by atoms with Gasteiger partial charge in [-0.2, -0.15) is 9.78 Å². The smallest absolute Gasteiger partial charge is 0.279 e. The van der Waals surface area contributed by atoms with Crippen LogP contribution in [0.25, 0.3) is 16.5 Å². The average molecular weight is 823 g/mol. The maximum Gasteiger partial charge on any atom is 0.279 e. The molecule has 5 aromatic carbocycles. The third kappa shape index (κ3) is 7.18. The van der Waals surface area contributed by atoms with Crippen LogP contribution in [0.15, 0.2) is 132 Å². The summed E-state index contributed by atoms with van der Waals surface area (Å²) in [4.78, 5) is 46.7. The number of aromatic nitrogens is 2. The first kappa shape index (κ1) is 40.7. The van der Waals surface area contributed by atoms with E-state index in [1.165, 1.54) is 4.68 Å². The monoisotopic (exact) mass is 822 g/mol. The van der Waals surface area contributed by atoms with Crippen LogP contribution in [0.1, 0.15) is 30.0 Å². The largest absolute Gasteiger partial charge is 0.497 e. The Morgan fingerprint density at radius 1 is 0.867 bits per heavy atom. The minimum absolute atomic E-state index is 0.0341. The van der Waals surface area contributed by atoms with Gasteiger partial charge in [0.05, 0.1) is 70.9 Å². The summed E-state index contributed by atoms with van der Waals surface area (Å²) in [7, 11) is 0.684. The molecule has 4 atom stereocenters. The van der Waals surface area contributed by atoms with Gasteiger partial charge in [0.15, 0.2) is 5.60 Å².